The van der Waals surface area contributed by atoms with Crippen molar-refractivity contribution >= 4 is 34.5 Å². The molecule has 118 valence electrons. The molecular formula is C17H26BrNOS. The van der Waals surface area contributed by atoms with Crippen LogP contribution in [0.3, 0.4) is 0 Å². The molecule has 0 radical (unpaired) electrons. The van der Waals surface area contributed by atoms with E-state index in [1.165, 1.54) is 44.9 Å². The van der Waals surface area contributed by atoms with Gasteiger partial charge in [0.15, 0.2) is 0 Å². The quantitative estimate of drug-likeness (QED) is 0.406. The molecule has 0 fully saturated rings. The van der Waals surface area contributed by atoms with Gasteiger partial charge in [-0.25, -0.2) is 0 Å². The van der Waals surface area contributed by atoms with Crippen molar-refractivity contribution in [2.45, 2.75) is 63.2 Å². The lowest BCUT2D eigenvalue weighted by molar-refractivity contribution is 0.0950. The highest BCUT2D eigenvalue weighted by atomic mass is 79.9. The Kier molecular flexibility index (Phi) is 9.85. The van der Waals surface area contributed by atoms with Gasteiger partial charge >= 0.3 is 0 Å². The molecule has 4 heteroatoms. The third-order valence-electron chi connectivity index (χ3n) is 3.52. The summed E-state index contributed by atoms with van der Waals surface area (Å²) in [6, 6.07) is 5.51. The first-order chi connectivity index (χ1) is 10.1. The highest BCUT2D eigenvalue weighted by Crippen LogP contribution is 2.19. The van der Waals surface area contributed by atoms with Gasteiger partial charge in [-0.05, 0) is 24.6 Å². The number of hydrogen-bond acceptors (Lipinski definition) is 2. The Morgan fingerprint density at radius 3 is 2.33 bits per heavy atom. The molecule has 0 saturated carbocycles. The number of benzene rings is 1. The highest BCUT2D eigenvalue weighted by Gasteiger charge is 2.08. The minimum Gasteiger partial charge on any atom is -0.352 e. The first-order valence-electron chi connectivity index (χ1n) is 7.92. The second-order valence-corrected chi connectivity index (χ2v) is 6.79. The standard InChI is InChI=1S/C17H26BrNOS/c1-2-3-4-5-6-7-8-9-12-19-17(20)15-11-10-14(18)13-16(15)21/h10-11,13,21H,2-9,12H2,1H3,(H,19,20). The van der Waals surface area contributed by atoms with Gasteiger partial charge in [-0.1, -0.05) is 67.8 Å². The molecule has 0 saturated heterocycles. The van der Waals surface area contributed by atoms with Crippen molar-refractivity contribution in [3.8, 4) is 0 Å². The Bertz CT molecular complexity index is 437. The molecule has 2 nitrogen and oxygen atoms in total. The van der Waals surface area contributed by atoms with Gasteiger partial charge in [0.25, 0.3) is 5.91 Å². The van der Waals surface area contributed by atoms with Crippen LogP contribution in [-0.2, 0) is 0 Å². The van der Waals surface area contributed by atoms with Gasteiger partial charge in [-0.3, -0.25) is 4.79 Å². The molecule has 0 aliphatic rings. The van der Waals surface area contributed by atoms with Crippen molar-refractivity contribution < 1.29 is 4.79 Å². The molecule has 0 aliphatic heterocycles. The maximum Gasteiger partial charge on any atom is 0.252 e. The lowest BCUT2D eigenvalue weighted by atomic mass is 10.1. The van der Waals surface area contributed by atoms with E-state index in [1.54, 1.807) is 6.07 Å². The maximum absolute atomic E-state index is 12.0. The summed E-state index contributed by atoms with van der Waals surface area (Å²) in [5.74, 6) is -0.0320. The molecule has 0 bridgehead atoms. The second-order valence-electron chi connectivity index (χ2n) is 5.39. The van der Waals surface area contributed by atoms with Gasteiger partial charge in [0.2, 0.25) is 0 Å². The van der Waals surface area contributed by atoms with Gasteiger partial charge in [-0.2, -0.15) is 0 Å². The van der Waals surface area contributed by atoms with Crippen LogP contribution in [0, 0.1) is 0 Å². The van der Waals surface area contributed by atoms with E-state index in [2.05, 4.69) is 40.8 Å². The van der Waals surface area contributed by atoms with Crippen LogP contribution in [0.1, 0.15) is 68.6 Å². The van der Waals surface area contributed by atoms with Crippen molar-refractivity contribution in [1.29, 1.82) is 0 Å². The van der Waals surface area contributed by atoms with E-state index >= 15 is 0 Å². The van der Waals surface area contributed by atoms with Crippen LogP contribution >= 0.6 is 28.6 Å². The maximum atomic E-state index is 12.0. The zero-order valence-electron chi connectivity index (χ0n) is 12.8. The van der Waals surface area contributed by atoms with Crippen LogP contribution in [0.5, 0.6) is 0 Å². The molecule has 1 amide bonds. The predicted molar refractivity (Wildman–Crippen MR) is 96.3 cm³/mol. The monoisotopic (exact) mass is 371 g/mol. The number of rotatable bonds is 10. The fourth-order valence-corrected chi connectivity index (χ4v) is 3.11. The van der Waals surface area contributed by atoms with Gasteiger partial charge < -0.3 is 5.32 Å². The molecule has 0 aromatic heterocycles. The van der Waals surface area contributed by atoms with E-state index < -0.39 is 0 Å². The Morgan fingerprint density at radius 1 is 1.10 bits per heavy atom. The molecule has 1 rings (SSSR count). The van der Waals surface area contributed by atoms with Gasteiger partial charge in [0, 0.05) is 15.9 Å². The number of unbranched alkanes of at least 4 members (excludes halogenated alkanes) is 7. The van der Waals surface area contributed by atoms with Crippen LogP contribution in [0.2, 0.25) is 0 Å². The third-order valence-corrected chi connectivity index (χ3v) is 4.38. The minimum absolute atomic E-state index is 0.0320. The van der Waals surface area contributed by atoms with Crippen molar-refractivity contribution in [2.24, 2.45) is 0 Å². The van der Waals surface area contributed by atoms with Crippen molar-refractivity contribution in [3.05, 3.63) is 28.2 Å². The van der Waals surface area contributed by atoms with Crippen LogP contribution in [0.15, 0.2) is 27.6 Å². The molecule has 0 atom stereocenters. The topological polar surface area (TPSA) is 29.1 Å². The number of halogens is 1. The van der Waals surface area contributed by atoms with E-state index in [4.69, 9.17) is 0 Å². The molecule has 0 spiro atoms. The van der Waals surface area contributed by atoms with E-state index in [1.807, 2.05) is 12.1 Å². The summed E-state index contributed by atoms with van der Waals surface area (Å²) in [5.41, 5.74) is 0.640. The van der Waals surface area contributed by atoms with Gasteiger partial charge in [0.05, 0.1) is 5.56 Å². The number of amides is 1. The van der Waals surface area contributed by atoms with Gasteiger partial charge in [-0.15, -0.1) is 12.6 Å². The van der Waals surface area contributed by atoms with Crippen LogP contribution in [0.4, 0.5) is 0 Å². The van der Waals surface area contributed by atoms with E-state index in [-0.39, 0.29) is 5.91 Å². The SMILES string of the molecule is CCCCCCCCCCNC(=O)c1ccc(Br)cc1S. The molecule has 1 aromatic rings. The van der Waals surface area contributed by atoms with E-state index in [0.29, 0.717) is 10.5 Å². The molecule has 1 aromatic carbocycles. The molecule has 1 N–H and O–H groups in total. The van der Waals surface area contributed by atoms with Crippen LogP contribution < -0.4 is 5.32 Å². The number of carbonyl (C=O) groups is 1. The smallest absolute Gasteiger partial charge is 0.252 e. The third kappa shape index (κ3) is 7.91. The zero-order valence-corrected chi connectivity index (χ0v) is 15.3. The van der Waals surface area contributed by atoms with Crippen molar-refractivity contribution in [1.82, 2.24) is 5.32 Å². The summed E-state index contributed by atoms with van der Waals surface area (Å²) in [6.45, 7) is 2.99. The van der Waals surface area contributed by atoms with Crippen LogP contribution in [0.25, 0.3) is 0 Å². The summed E-state index contributed by atoms with van der Waals surface area (Å²) >= 11 is 7.70. The fraction of sp³-hybridized carbons (Fsp3) is 0.588. The Morgan fingerprint density at radius 2 is 1.71 bits per heavy atom. The minimum atomic E-state index is -0.0320. The number of nitrogens with one attached hydrogen (secondary N) is 1. The molecular weight excluding hydrogens is 346 g/mol. The summed E-state index contributed by atoms with van der Waals surface area (Å²) in [7, 11) is 0. The fourth-order valence-electron chi connectivity index (χ4n) is 2.25. The Labute approximate surface area is 142 Å². The molecule has 0 aliphatic carbocycles. The normalized spacial score (nSPS) is 10.6. The summed E-state index contributed by atoms with van der Waals surface area (Å²) in [4.78, 5) is 12.7. The lowest BCUT2D eigenvalue weighted by Gasteiger charge is -2.07. The average Bonchev–Trinajstić information content (AvgIpc) is 2.45. The highest BCUT2D eigenvalue weighted by molar-refractivity contribution is 9.10. The number of hydrogen-bond donors (Lipinski definition) is 2. The van der Waals surface area contributed by atoms with Crippen molar-refractivity contribution in [3.63, 3.8) is 0 Å². The molecule has 21 heavy (non-hydrogen) atoms. The van der Waals surface area contributed by atoms with E-state index in [9.17, 15) is 4.79 Å². The first kappa shape index (κ1) is 18.6. The Hall–Kier alpha value is -0.480. The lowest BCUT2D eigenvalue weighted by Crippen LogP contribution is -2.24. The van der Waals surface area contributed by atoms with Crippen LogP contribution in [-0.4, -0.2) is 12.5 Å². The van der Waals surface area contributed by atoms with E-state index in [0.717, 1.165) is 17.4 Å². The predicted octanol–water partition coefficient (Wildman–Crippen LogP) is 5.61. The molecule has 0 unspecified atom stereocenters. The Balaban J connectivity index is 2.11. The largest absolute Gasteiger partial charge is 0.352 e. The van der Waals surface area contributed by atoms with Gasteiger partial charge in [0.1, 0.15) is 0 Å². The molecule has 0 heterocycles. The average molecular weight is 372 g/mol. The number of thiol groups is 1. The zero-order chi connectivity index (χ0) is 15.5. The second kappa shape index (κ2) is 11.1. The summed E-state index contributed by atoms with van der Waals surface area (Å²) in [5, 5.41) is 2.97. The summed E-state index contributed by atoms with van der Waals surface area (Å²) < 4.78 is 0.937. The van der Waals surface area contributed by atoms with Crippen molar-refractivity contribution in [2.75, 3.05) is 6.54 Å². The number of carbonyl (C=O) groups excluding carboxylic acids is 1. The summed E-state index contributed by atoms with van der Waals surface area (Å²) in [6.07, 6.45) is 10.2. The first-order valence-corrected chi connectivity index (χ1v) is 9.16.